The number of carbonyl (C=O) groups is 2. The van der Waals surface area contributed by atoms with Crippen LogP contribution in [0.2, 0.25) is 0 Å². The quantitative estimate of drug-likeness (QED) is 0.536. The molecule has 1 atom stereocenters. The number of carboxylic acids is 1. The summed E-state index contributed by atoms with van der Waals surface area (Å²) in [5, 5.41) is 16.9. The fraction of sp³-hybridized carbons (Fsp3) is 0.560. The molecule has 1 aromatic heterocycles. The molecular formula is C25H35N3O5. The minimum atomic E-state index is -0.937. The molecule has 1 aromatic carbocycles. The number of aromatic nitrogens is 2. The number of nitrogens with zero attached hydrogens (tertiary/aromatic N) is 2. The maximum atomic E-state index is 13.2. The predicted molar refractivity (Wildman–Crippen MR) is 126 cm³/mol. The lowest BCUT2D eigenvalue weighted by Gasteiger charge is -2.25. The minimum Gasteiger partial charge on any atom is -0.496 e. The molecule has 1 aliphatic carbocycles. The zero-order valence-electron chi connectivity index (χ0n) is 20.0. The first-order valence-electron chi connectivity index (χ1n) is 11.7. The van der Waals surface area contributed by atoms with E-state index in [1.54, 1.807) is 20.3 Å². The number of carbonyl (C=O) groups excluding carboxylic acids is 1. The number of nitrogens with one attached hydrogen (secondary N) is 1. The van der Waals surface area contributed by atoms with Crippen LogP contribution in [0.5, 0.6) is 11.5 Å². The summed E-state index contributed by atoms with van der Waals surface area (Å²) in [6, 6.07) is 7.06. The van der Waals surface area contributed by atoms with E-state index in [-0.39, 0.29) is 30.0 Å². The van der Waals surface area contributed by atoms with Crippen LogP contribution in [0.25, 0.3) is 11.3 Å². The zero-order valence-corrected chi connectivity index (χ0v) is 20.0. The highest BCUT2D eigenvalue weighted by molar-refractivity contribution is 5.94. The highest BCUT2D eigenvalue weighted by Crippen LogP contribution is 2.41. The van der Waals surface area contributed by atoms with E-state index in [0.717, 1.165) is 36.9 Å². The molecule has 8 nitrogen and oxygen atoms in total. The summed E-state index contributed by atoms with van der Waals surface area (Å²) in [5.74, 6) is 0.228. The summed E-state index contributed by atoms with van der Waals surface area (Å²) < 4.78 is 13.2. The maximum absolute atomic E-state index is 13.2. The van der Waals surface area contributed by atoms with Crippen LogP contribution in [-0.4, -0.2) is 47.0 Å². The normalized spacial score (nSPS) is 15.3. The topological polar surface area (TPSA) is 103 Å². The van der Waals surface area contributed by atoms with Crippen molar-refractivity contribution in [3.05, 3.63) is 30.0 Å². The fourth-order valence-corrected chi connectivity index (χ4v) is 4.63. The first-order chi connectivity index (χ1) is 15.8. The van der Waals surface area contributed by atoms with Crippen molar-refractivity contribution in [2.45, 2.75) is 70.9 Å². The summed E-state index contributed by atoms with van der Waals surface area (Å²) >= 11 is 0. The predicted octanol–water partition coefficient (Wildman–Crippen LogP) is 4.69. The Morgan fingerprint density at radius 3 is 2.33 bits per heavy atom. The van der Waals surface area contributed by atoms with Crippen molar-refractivity contribution >= 4 is 11.9 Å². The summed E-state index contributed by atoms with van der Waals surface area (Å²) in [4.78, 5) is 24.5. The molecule has 1 fully saturated rings. The van der Waals surface area contributed by atoms with Gasteiger partial charge in [0.25, 0.3) is 5.91 Å². The zero-order chi connectivity index (χ0) is 24.0. The third kappa shape index (κ3) is 6.06. The van der Waals surface area contributed by atoms with E-state index in [0.29, 0.717) is 17.9 Å². The number of rotatable bonds is 10. The van der Waals surface area contributed by atoms with E-state index in [1.807, 2.05) is 36.7 Å². The number of hydrogen-bond donors (Lipinski definition) is 2. The molecule has 0 saturated heterocycles. The molecule has 0 aliphatic heterocycles. The molecule has 1 saturated carbocycles. The maximum Gasteiger partial charge on any atom is 0.305 e. The Hall–Kier alpha value is -3.03. The molecule has 1 aliphatic rings. The Balaban J connectivity index is 2.02. The Morgan fingerprint density at radius 2 is 1.79 bits per heavy atom. The van der Waals surface area contributed by atoms with Gasteiger partial charge in [-0.25, -0.2) is 0 Å². The number of amides is 1. The van der Waals surface area contributed by atoms with Crippen molar-refractivity contribution < 1.29 is 24.2 Å². The Morgan fingerprint density at radius 1 is 1.15 bits per heavy atom. The lowest BCUT2D eigenvalue weighted by molar-refractivity contribution is -0.137. The minimum absolute atomic E-state index is 0.125. The molecule has 8 heteroatoms. The van der Waals surface area contributed by atoms with Gasteiger partial charge in [0.05, 0.1) is 37.9 Å². The van der Waals surface area contributed by atoms with Crippen LogP contribution in [-0.2, 0) is 4.79 Å². The average molecular weight is 458 g/mol. The summed E-state index contributed by atoms with van der Waals surface area (Å²) in [6.45, 7) is 4.01. The number of ether oxygens (including phenoxy) is 2. The highest BCUT2D eigenvalue weighted by Gasteiger charge is 2.27. The molecule has 33 heavy (non-hydrogen) atoms. The van der Waals surface area contributed by atoms with E-state index < -0.39 is 12.0 Å². The van der Waals surface area contributed by atoms with Gasteiger partial charge in [0.1, 0.15) is 11.5 Å². The van der Waals surface area contributed by atoms with Gasteiger partial charge >= 0.3 is 5.97 Å². The molecule has 2 aromatic rings. The Bertz CT molecular complexity index is 941. The molecule has 0 bridgehead atoms. The smallest absolute Gasteiger partial charge is 0.305 e. The lowest BCUT2D eigenvalue weighted by Crippen LogP contribution is -2.37. The van der Waals surface area contributed by atoms with Gasteiger partial charge in [-0.2, -0.15) is 5.10 Å². The Labute approximate surface area is 195 Å². The van der Waals surface area contributed by atoms with Gasteiger partial charge < -0.3 is 19.9 Å². The molecule has 1 heterocycles. The summed E-state index contributed by atoms with van der Waals surface area (Å²) in [7, 11) is 3.21. The van der Waals surface area contributed by atoms with Gasteiger partial charge in [0.15, 0.2) is 5.69 Å². The molecule has 0 spiro atoms. The van der Waals surface area contributed by atoms with E-state index in [9.17, 15) is 14.7 Å². The van der Waals surface area contributed by atoms with Crippen LogP contribution >= 0.6 is 0 Å². The van der Waals surface area contributed by atoms with E-state index in [1.165, 1.54) is 6.42 Å². The second-order valence-corrected chi connectivity index (χ2v) is 9.09. The molecule has 1 amide bonds. The largest absolute Gasteiger partial charge is 0.496 e. The number of hydrogen-bond acceptors (Lipinski definition) is 5. The highest BCUT2D eigenvalue weighted by atomic mass is 16.5. The van der Waals surface area contributed by atoms with Gasteiger partial charge in [0.2, 0.25) is 0 Å². The first-order valence-corrected chi connectivity index (χ1v) is 11.7. The second kappa shape index (κ2) is 11.2. The standard InChI is InChI=1S/C25H35N3O5/c1-16(2)13-17(14-23(29)30)26-25(31)19-15-20(28(27-19)18-9-6-5-7-10-18)24-21(32-3)11-8-12-22(24)33-4/h8,11-12,15-18H,5-7,9-10,13-14H2,1-4H3,(H,26,31)(H,29,30). The number of aliphatic carboxylic acids is 1. The van der Waals surface area contributed by atoms with Crippen molar-refractivity contribution in [2.24, 2.45) is 5.92 Å². The van der Waals surface area contributed by atoms with Crippen molar-refractivity contribution in [1.29, 1.82) is 0 Å². The molecular weight excluding hydrogens is 422 g/mol. The van der Waals surface area contributed by atoms with Crippen LogP contribution < -0.4 is 14.8 Å². The van der Waals surface area contributed by atoms with Crippen molar-refractivity contribution in [3.63, 3.8) is 0 Å². The molecule has 0 radical (unpaired) electrons. The van der Waals surface area contributed by atoms with Crippen LogP contribution in [0.3, 0.4) is 0 Å². The van der Waals surface area contributed by atoms with Crippen LogP contribution in [0.1, 0.15) is 75.3 Å². The van der Waals surface area contributed by atoms with Gasteiger partial charge in [-0.15, -0.1) is 0 Å². The van der Waals surface area contributed by atoms with Gasteiger partial charge in [-0.3, -0.25) is 14.3 Å². The monoisotopic (exact) mass is 457 g/mol. The van der Waals surface area contributed by atoms with Gasteiger partial charge in [0, 0.05) is 6.04 Å². The van der Waals surface area contributed by atoms with Crippen molar-refractivity contribution in [3.8, 4) is 22.8 Å². The first kappa shape index (κ1) is 24.6. The number of methoxy groups -OCH3 is 2. The van der Waals surface area contributed by atoms with Crippen LogP contribution in [0, 0.1) is 5.92 Å². The van der Waals surface area contributed by atoms with Gasteiger partial charge in [-0.05, 0) is 43.4 Å². The van der Waals surface area contributed by atoms with Gasteiger partial charge in [-0.1, -0.05) is 39.2 Å². The number of carboxylic acid groups (broad SMARTS) is 1. The average Bonchev–Trinajstić information content (AvgIpc) is 3.23. The summed E-state index contributed by atoms with van der Waals surface area (Å²) in [6.07, 6.45) is 5.86. The molecule has 3 rings (SSSR count). The second-order valence-electron chi connectivity index (χ2n) is 9.09. The number of benzene rings is 1. The summed E-state index contributed by atoms with van der Waals surface area (Å²) in [5.41, 5.74) is 1.78. The SMILES string of the molecule is COc1cccc(OC)c1-c1cc(C(=O)NC(CC(=O)O)CC(C)C)nn1C1CCCCC1. The lowest BCUT2D eigenvalue weighted by atomic mass is 9.95. The van der Waals surface area contributed by atoms with Crippen molar-refractivity contribution in [1.82, 2.24) is 15.1 Å². The van der Waals surface area contributed by atoms with E-state index in [4.69, 9.17) is 14.6 Å². The van der Waals surface area contributed by atoms with Crippen LogP contribution in [0.4, 0.5) is 0 Å². The Kier molecular flexibility index (Phi) is 8.36. The van der Waals surface area contributed by atoms with Crippen LogP contribution in [0.15, 0.2) is 24.3 Å². The molecule has 2 N–H and O–H groups in total. The van der Waals surface area contributed by atoms with E-state index >= 15 is 0 Å². The molecule has 180 valence electrons. The van der Waals surface area contributed by atoms with E-state index in [2.05, 4.69) is 5.32 Å². The molecule has 1 unspecified atom stereocenters. The fourth-order valence-electron chi connectivity index (χ4n) is 4.63. The third-order valence-corrected chi connectivity index (χ3v) is 6.09. The van der Waals surface area contributed by atoms with Crippen molar-refractivity contribution in [2.75, 3.05) is 14.2 Å². The third-order valence-electron chi connectivity index (χ3n) is 6.09.